The van der Waals surface area contributed by atoms with Crippen LogP contribution >= 0.6 is 0 Å². The van der Waals surface area contributed by atoms with E-state index >= 15 is 0 Å². The highest BCUT2D eigenvalue weighted by Crippen LogP contribution is 2.24. The first-order valence-electron chi connectivity index (χ1n) is 6.95. The van der Waals surface area contributed by atoms with E-state index in [1.165, 1.54) is 0 Å². The zero-order valence-corrected chi connectivity index (χ0v) is 12.6. The van der Waals surface area contributed by atoms with Gasteiger partial charge in [-0.1, -0.05) is 0 Å². The van der Waals surface area contributed by atoms with Crippen LogP contribution in [-0.2, 0) is 9.53 Å². The van der Waals surface area contributed by atoms with E-state index in [0.717, 1.165) is 0 Å². The van der Waals surface area contributed by atoms with Crippen molar-refractivity contribution in [3.8, 4) is 0 Å². The Morgan fingerprint density at radius 3 is 2.10 bits per heavy atom. The van der Waals surface area contributed by atoms with Crippen LogP contribution in [0, 0.1) is 5.92 Å². The number of hydrogen-bond acceptors (Lipinski definition) is 4. The van der Waals surface area contributed by atoms with Crippen LogP contribution < -0.4 is 16.2 Å². The molecule has 4 N–H and O–H groups in total. The summed E-state index contributed by atoms with van der Waals surface area (Å²) in [6.45, 7) is 5.38. The second kappa shape index (κ2) is 7.14. The molecule has 1 saturated carbocycles. The summed E-state index contributed by atoms with van der Waals surface area (Å²) < 4.78 is 5.18. The topological polar surface area (TPSA) is 117 Å². The average molecular weight is 301 g/mol. The zero-order chi connectivity index (χ0) is 16.0. The lowest BCUT2D eigenvalue weighted by molar-refractivity contribution is -0.126. The van der Waals surface area contributed by atoms with Gasteiger partial charge >= 0.3 is 12.2 Å². The van der Waals surface area contributed by atoms with Crippen LogP contribution in [0.2, 0.25) is 0 Å². The van der Waals surface area contributed by atoms with E-state index in [-0.39, 0.29) is 17.9 Å². The third kappa shape index (κ3) is 6.82. The maximum absolute atomic E-state index is 11.7. The lowest BCUT2D eigenvalue weighted by Crippen LogP contribution is -2.46. The largest absolute Gasteiger partial charge is 0.464 e. The van der Waals surface area contributed by atoms with Crippen molar-refractivity contribution in [2.75, 3.05) is 0 Å². The molecule has 1 fully saturated rings. The molecule has 8 heteroatoms. The van der Waals surface area contributed by atoms with Crippen LogP contribution in [0.4, 0.5) is 9.59 Å². The van der Waals surface area contributed by atoms with E-state index in [0.29, 0.717) is 25.7 Å². The van der Waals surface area contributed by atoms with Gasteiger partial charge in [-0.05, 0) is 46.5 Å². The quantitative estimate of drug-likeness (QED) is 0.575. The van der Waals surface area contributed by atoms with Crippen molar-refractivity contribution in [3.63, 3.8) is 0 Å². The molecule has 8 nitrogen and oxygen atoms in total. The van der Waals surface area contributed by atoms with E-state index in [9.17, 15) is 14.4 Å². The van der Waals surface area contributed by atoms with Crippen LogP contribution in [0.3, 0.4) is 0 Å². The van der Waals surface area contributed by atoms with Crippen LogP contribution in [0.5, 0.6) is 0 Å². The van der Waals surface area contributed by atoms with Crippen LogP contribution in [-0.4, -0.2) is 34.8 Å². The van der Waals surface area contributed by atoms with Crippen molar-refractivity contribution in [1.29, 1.82) is 0 Å². The molecule has 0 unspecified atom stereocenters. The summed E-state index contributed by atoms with van der Waals surface area (Å²) >= 11 is 0. The average Bonchev–Trinajstić information content (AvgIpc) is 2.34. The molecule has 0 aromatic rings. The van der Waals surface area contributed by atoms with Gasteiger partial charge in [0.15, 0.2) is 0 Å². The SMILES string of the molecule is CC(C)(C)OC(=O)NC1CCC(C(=O)NNC(=O)O)CC1. The molecule has 0 spiro atoms. The Kier molecular flexibility index (Phi) is 5.80. The number of nitrogens with one attached hydrogen (secondary N) is 3. The second-order valence-corrected chi connectivity index (χ2v) is 6.11. The highest BCUT2D eigenvalue weighted by Gasteiger charge is 2.28. The normalized spacial score (nSPS) is 22.0. The van der Waals surface area contributed by atoms with Crippen molar-refractivity contribution < 1.29 is 24.2 Å². The highest BCUT2D eigenvalue weighted by molar-refractivity contribution is 5.80. The minimum absolute atomic E-state index is 0.0173. The lowest BCUT2D eigenvalue weighted by atomic mass is 9.85. The lowest BCUT2D eigenvalue weighted by Gasteiger charge is -2.29. The van der Waals surface area contributed by atoms with Gasteiger partial charge in [0.25, 0.3) is 0 Å². The van der Waals surface area contributed by atoms with E-state index < -0.39 is 17.8 Å². The maximum Gasteiger partial charge on any atom is 0.423 e. The number of carbonyl (C=O) groups excluding carboxylic acids is 2. The molecule has 21 heavy (non-hydrogen) atoms. The predicted octanol–water partition coefficient (Wildman–Crippen LogP) is 1.37. The summed E-state index contributed by atoms with van der Waals surface area (Å²) in [4.78, 5) is 33.6. The first kappa shape index (κ1) is 17.1. The number of amides is 3. The molecule has 0 aromatic carbocycles. The number of ether oxygens (including phenoxy) is 1. The van der Waals surface area contributed by atoms with Gasteiger partial charge < -0.3 is 15.2 Å². The van der Waals surface area contributed by atoms with Gasteiger partial charge in [0.1, 0.15) is 5.60 Å². The van der Waals surface area contributed by atoms with Gasteiger partial charge in [-0.3, -0.25) is 10.2 Å². The molecule has 0 aliphatic heterocycles. The number of carbonyl (C=O) groups is 3. The summed E-state index contributed by atoms with van der Waals surface area (Å²) in [5, 5.41) is 11.2. The fourth-order valence-corrected chi connectivity index (χ4v) is 2.19. The number of rotatable bonds is 2. The van der Waals surface area contributed by atoms with Crippen molar-refractivity contribution in [1.82, 2.24) is 16.2 Å². The van der Waals surface area contributed by atoms with Crippen molar-refractivity contribution in [3.05, 3.63) is 0 Å². The molecule has 1 aliphatic carbocycles. The molecule has 1 rings (SSSR count). The third-order valence-corrected chi connectivity index (χ3v) is 3.11. The molecule has 0 radical (unpaired) electrons. The molecule has 3 amide bonds. The van der Waals surface area contributed by atoms with E-state index in [4.69, 9.17) is 9.84 Å². The second-order valence-electron chi connectivity index (χ2n) is 6.11. The Bertz CT molecular complexity index is 397. The maximum atomic E-state index is 11.7. The Balaban J connectivity index is 2.30. The van der Waals surface area contributed by atoms with Crippen LogP contribution in [0.25, 0.3) is 0 Å². The Morgan fingerprint density at radius 1 is 1.05 bits per heavy atom. The summed E-state index contributed by atoms with van der Waals surface area (Å²) in [5.74, 6) is -0.582. The molecule has 0 saturated heterocycles. The summed E-state index contributed by atoms with van der Waals surface area (Å²) in [6, 6.07) is -0.0173. The van der Waals surface area contributed by atoms with Gasteiger partial charge in [0, 0.05) is 12.0 Å². The molecule has 0 heterocycles. The highest BCUT2D eigenvalue weighted by atomic mass is 16.6. The molecular weight excluding hydrogens is 278 g/mol. The third-order valence-electron chi connectivity index (χ3n) is 3.11. The molecule has 120 valence electrons. The van der Waals surface area contributed by atoms with Gasteiger partial charge in [0.2, 0.25) is 5.91 Å². The Hall–Kier alpha value is -1.99. The predicted molar refractivity (Wildman–Crippen MR) is 74.4 cm³/mol. The molecule has 0 atom stereocenters. The molecule has 0 bridgehead atoms. The molecular formula is C13H23N3O5. The van der Waals surface area contributed by atoms with Gasteiger partial charge in [-0.15, -0.1) is 0 Å². The number of hydrogen-bond donors (Lipinski definition) is 4. The summed E-state index contributed by atoms with van der Waals surface area (Å²) in [6.07, 6.45) is 0.738. The van der Waals surface area contributed by atoms with Gasteiger partial charge in [-0.2, -0.15) is 0 Å². The Labute approximate surface area is 123 Å². The van der Waals surface area contributed by atoms with Crippen LogP contribution in [0.15, 0.2) is 0 Å². The Morgan fingerprint density at radius 2 is 1.62 bits per heavy atom. The van der Waals surface area contributed by atoms with E-state index in [2.05, 4.69) is 10.7 Å². The monoisotopic (exact) mass is 301 g/mol. The standard InChI is InChI=1S/C13H23N3O5/c1-13(2,3)21-12(20)14-9-6-4-8(5-7-9)10(17)15-16-11(18)19/h8-9,16H,4-7H2,1-3H3,(H,14,20)(H,15,17)(H,18,19). The molecule has 0 aromatic heterocycles. The van der Waals surface area contributed by atoms with Gasteiger partial charge in [0.05, 0.1) is 0 Å². The fraction of sp³-hybridized carbons (Fsp3) is 0.769. The van der Waals surface area contributed by atoms with Crippen molar-refractivity contribution in [2.24, 2.45) is 5.92 Å². The first-order valence-corrected chi connectivity index (χ1v) is 6.95. The van der Waals surface area contributed by atoms with E-state index in [1.807, 2.05) is 5.43 Å². The van der Waals surface area contributed by atoms with Gasteiger partial charge in [-0.25, -0.2) is 15.0 Å². The van der Waals surface area contributed by atoms with Crippen molar-refractivity contribution >= 4 is 18.1 Å². The minimum atomic E-state index is -1.30. The number of hydrazine groups is 1. The number of alkyl carbamates (subject to hydrolysis) is 1. The fourth-order valence-electron chi connectivity index (χ4n) is 2.19. The van der Waals surface area contributed by atoms with Crippen molar-refractivity contribution in [2.45, 2.75) is 58.1 Å². The molecule has 1 aliphatic rings. The zero-order valence-electron chi connectivity index (χ0n) is 12.6. The summed E-state index contributed by atoms with van der Waals surface area (Å²) in [5.41, 5.74) is 3.44. The number of carboxylic acid groups (broad SMARTS) is 1. The minimum Gasteiger partial charge on any atom is -0.464 e. The van der Waals surface area contributed by atoms with E-state index in [1.54, 1.807) is 20.8 Å². The first-order chi connectivity index (χ1) is 9.67. The smallest absolute Gasteiger partial charge is 0.423 e. The summed E-state index contributed by atoms with van der Waals surface area (Å²) in [7, 11) is 0. The van der Waals surface area contributed by atoms with Crippen LogP contribution in [0.1, 0.15) is 46.5 Å².